The molecule has 0 unspecified atom stereocenters. The molecule has 10 aromatic carbocycles. The lowest BCUT2D eigenvalue weighted by Crippen LogP contribution is -2.25. The second-order valence-corrected chi connectivity index (χ2v) is 16.2. The second-order valence-electron chi connectivity index (χ2n) is 16.2. The molecule has 2 aliphatic carbocycles. The van der Waals surface area contributed by atoms with E-state index in [4.69, 9.17) is 15.0 Å². The van der Waals surface area contributed by atoms with Gasteiger partial charge in [0.15, 0.2) is 17.5 Å². The lowest BCUT2D eigenvalue weighted by Gasteiger charge is -2.30. The fourth-order valence-electron chi connectivity index (χ4n) is 10.5. The van der Waals surface area contributed by atoms with Crippen LogP contribution in [-0.4, -0.2) is 15.0 Å². The van der Waals surface area contributed by atoms with Crippen LogP contribution in [-0.2, 0) is 5.41 Å². The molecule has 0 bridgehead atoms. The summed E-state index contributed by atoms with van der Waals surface area (Å²) >= 11 is 0. The maximum absolute atomic E-state index is 5.19. The van der Waals surface area contributed by atoms with Crippen LogP contribution in [0.1, 0.15) is 22.3 Å². The van der Waals surface area contributed by atoms with Crippen molar-refractivity contribution in [1.82, 2.24) is 15.0 Å². The number of fused-ring (bicyclic) bond motifs is 16. The van der Waals surface area contributed by atoms with Gasteiger partial charge in [-0.2, -0.15) is 0 Å². The van der Waals surface area contributed by atoms with Crippen molar-refractivity contribution in [3.8, 4) is 67.5 Å². The zero-order valence-electron chi connectivity index (χ0n) is 33.0. The Hall–Kier alpha value is -8.01. The third-order valence-corrected chi connectivity index (χ3v) is 13.1. The first-order chi connectivity index (χ1) is 30.2. The lowest BCUT2D eigenvalue weighted by molar-refractivity contribution is 0.794. The minimum atomic E-state index is -0.383. The minimum Gasteiger partial charge on any atom is -0.208 e. The van der Waals surface area contributed by atoms with Crippen molar-refractivity contribution in [2.24, 2.45) is 0 Å². The zero-order valence-corrected chi connectivity index (χ0v) is 33.0. The standard InChI is InChI=1S/C58H35N3/c1-2-14-37(15-3-1)55-59-56(61-57(60-55)40-31-32-45-43-18-5-4-16-41(43)42-17-6-7-19-44(42)50(45)34-40)38-28-26-36(27-29-38)39-30-33-49-48-22-10-13-25-53(48)58(54(49)35-39)51-23-11-8-20-46(51)47-21-9-12-24-52(47)58/h1-35H. The highest BCUT2D eigenvalue weighted by Crippen LogP contribution is 2.63. The summed E-state index contributed by atoms with van der Waals surface area (Å²) in [6, 6.07) is 76.9. The van der Waals surface area contributed by atoms with E-state index >= 15 is 0 Å². The van der Waals surface area contributed by atoms with Gasteiger partial charge < -0.3 is 0 Å². The summed E-state index contributed by atoms with van der Waals surface area (Å²) in [4.78, 5) is 15.4. The number of nitrogens with zero attached hydrogens (tertiary/aromatic N) is 3. The van der Waals surface area contributed by atoms with Crippen molar-refractivity contribution in [1.29, 1.82) is 0 Å². The Morgan fingerprint density at radius 2 is 0.607 bits per heavy atom. The molecule has 0 fully saturated rings. The van der Waals surface area contributed by atoms with Gasteiger partial charge in [0.2, 0.25) is 0 Å². The van der Waals surface area contributed by atoms with Crippen molar-refractivity contribution < 1.29 is 0 Å². The van der Waals surface area contributed by atoms with E-state index in [2.05, 4.69) is 194 Å². The Kier molecular flexibility index (Phi) is 7.22. The Morgan fingerprint density at radius 1 is 0.230 bits per heavy atom. The van der Waals surface area contributed by atoms with E-state index in [1.54, 1.807) is 0 Å². The predicted octanol–water partition coefficient (Wildman–Crippen LogP) is 14.3. The smallest absolute Gasteiger partial charge is 0.164 e. The van der Waals surface area contributed by atoms with Gasteiger partial charge in [-0.15, -0.1) is 0 Å². The molecular weight excluding hydrogens is 739 g/mol. The van der Waals surface area contributed by atoms with E-state index in [1.165, 1.54) is 82.4 Å². The van der Waals surface area contributed by atoms with Crippen molar-refractivity contribution in [2.45, 2.75) is 5.41 Å². The fourth-order valence-corrected chi connectivity index (χ4v) is 10.5. The van der Waals surface area contributed by atoms with E-state index < -0.39 is 0 Å². The molecule has 0 saturated carbocycles. The maximum Gasteiger partial charge on any atom is 0.164 e. The SMILES string of the molecule is c1ccc(-c2nc(-c3ccc(-c4ccc5c(c4)C4(c6ccccc6-c6ccccc64)c4ccccc4-5)cc3)nc(-c3ccc4c5ccccc5c5ccccc5c4c3)n2)cc1. The van der Waals surface area contributed by atoms with Gasteiger partial charge in [0.05, 0.1) is 5.41 Å². The molecule has 282 valence electrons. The van der Waals surface area contributed by atoms with Crippen LogP contribution in [0.5, 0.6) is 0 Å². The van der Waals surface area contributed by atoms with Gasteiger partial charge in [0, 0.05) is 16.7 Å². The molecule has 3 nitrogen and oxygen atoms in total. The summed E-state index contributed by atoms with van der Waals surface area (Å²) in [6.07, 6.45) is 0. The van der Waals surface area contributed by atoms with Crippen LogP contribution in [0.15, 0.2) is 212 Å². The normalized spacial score (nSPS) is 13.0. The highest BCUT2D eigenvalue weighted by atomic mass is 15.0. The highest BCUT2D eigenvalue weighted by Gasteiger charge is 2.51. The van der Waals surface area contributed by atoms with Crippen molar-refractivity contribution in [3.63, 3.8) is 0 Å². The number of benzene rings is 10. The third kappa shape index (κ3) is 4.89. The monoisotopic (exact) mass is 773 g/mol. The Morgan fingerprint density at radius 3 is 1.16 bits per heavy atom. The van der Waals surface area contributed by atoms with Gasteiger partial charge in [-0.25, -0.2) is 15.0 Å². The predicted molar refractivity (Wildman–Crippen MR) is 250 cm³/mol. The zero-order chi connectivity index (χ0) is 40.1. The molecule has 13 rings (SSSR count). The summed E-state index contributed by atoms with van der Waals surface area (Å²) in [6.45, 7) is 0. The molecule has 61 heavy (non-hydrogen) atoms. The van der Waals surface area contributed by atoms with Crippen LogP contribution in [0.3, 0.4) is 0 Å². The van der Waals surface area contributed by atoms with Gasteiger partial charge in [-0.05, 0) is 100 Å². The quantitative estimate of drug-likeness (QED) is 0.167. The first-order valence-electron chi connectivity index (χ1n) is 20.9. The summed E-state index contributed by atoms with van der Waals surface area (Å²) in [5, 5.41) is 7.36. The van der Waals surface area contributed by atoms with Crippen LogP contribution >= 0.6 is 0 Å². The summed E-state index contributed by atoms with van der Waals surface area (Å²) < 4.78 is 0. The second kappa shape index (κ2) is 13.0. The fraction of sp³-hybridized carbons (Fsp3) is 0.0172. The molecule has 2 aliphatic rings. The topological polar surface area (TPSA) is 38.7 Å². The van der Waals surface area contributed by atoms with Crippen molar-refractivity contribution in [3.05, 3.63) is 235 Å². The molecule has 1 aromatic heterocycles. The lowest BCUT2D eigenvalue weighted by atomic mass is 9.70. The molecule has 0 radical (unpaired) electrons. The van der Waals surface area contributed by atoms with E-state index in [0.717, 1.165) is 22.3 Å². The average molecular weight is 774 g/mol. The molecule has 0 atom stereocenters. The first-order valence-corrected chi connectivity index (χ1v) is 20.9. The molecule has 3 heteroatoms. The van der Waals surface area contributed by atoms with Crippen LogP contribution in [0.4, 0.5) is 0 Å². The molecule has 1 heterocycles. The van der Waals surface area contributed by atoms with Crippen molar-refractivity contribution >= 4 is 32.3 Å². The number of rotatable bonds is 4. The molecule has 1 spiro atoms. The van der Waals surface area contributed by atoms with Gasteiger partial charge >= 0.3 is 0 Å². The molecule has 11 aromatic rings. The summed E-state index contributed by atoms with van der Waals surface area (Å²) in [7, 11) is 0. The van der Waals surface area contributed by atoms with E-state index in [9.17, 15) is 0 Å². The molecule has 0 aliphatic heterocycles. The van der Waals surface area contributed by atoms with Gasteiger partial charge in [-0.3, -0.25) is 0 Å². The average Bonchev–Trinajstić information content (AvgIpc) is 3.81. The summed E-state index contributed by atoms with van der Waals surface area (Å²) in [5.41, 5.74) is 15.4. The molecule has 0 N–H and O–H groups in total. The third-order valence-electron chi connectivity index (χ3n) is 13.1. The van der Waals surface area contributed by atoms with Gasteiger partial charge in [-0.1, -0.05) is 200 Å². The van der Waals surface area contributed by atoms with Crippen molar-refractivity contribution in [2.75, 3.05) is 0 Å². The minimum absolute atomic E-state index is 0.383. The largest absolute Gasteiger partial charge is 0.208 e. The number of aromatic nitrogens is 3. The van der Waals surface area contributed by atoms with Crippen LogP contribution in [0.25, 0.3) is 99.9 Å². The molecule has 0 saturated heterocycles. The van der Waals surface area contributed by atoms with Crippen LogP contribution < -0.4 is 0 Å². The van der Waals surface area contributed by atoms with E-state index in [1.807, 2.05) is 18.2 Å². The number of hydrogen-bond acceptors (Lipinski definition) is 3. The Bertz CT molecular complexity index is 3490. The van der Waals surface area contributed by atoms with Crippen LogP contribution in [0, 0.1) is 0 Å². The summed E-state index contributed by atoms with van der Waals surface area (Å²) in [5.74, 6) is 1.93. The van der Waals surface area contributed by atoms with Crippen LogP contribution in [0.2, 0.25) is 0 Å². The van der Waals surface area contributed by atoms with E-state index in [0.29, 0.717) is 17.5 Å². The maximum atomic E-state index is 5.19. The van der Waals surface area contributed by atoms with Gasteiger partial charge in [0.25, 0.3) is 0 Å². The Balaban J connectivity index is 0.940. The first kappa shape index (κ1) is 33.9. The van der Waals surface area contributed by atoms with E-state index in [-0.39, 0.29) is 5.41 Å². The molecular formula is C58H35N3. The Labute approximate surface area is 353 Å². The van der Waals surface area contributed by atoms with Gasteiger partial charge in [0.1, 0.15) is 0 Å². The highest BCUT2D eigenvalue weighted by molar-refractivity contribution is 6.25. The molecule has 0 amide bonds. The number of hydrogen-bond donors (Lipinski definition) is 0.